The Morgan fingerprint density at radius 2 is 1.86 bits per heavy atom. The molecule has 0 aliphatic heterocycles. The van der Waals surface area contributed by atoms with E-state index >= 15 is 0 Å². The monoisotopic (exact) mass is 304 g/mol. The summed E-state index contributed by atoms with van der Waals surface area (Å²) in [6, 6.07) is 4.53. The van der Waals surface area contributed by atoms with Crippen LogP contribution in [-0.4, -0.2) is 36.8 Å². The number of nitrogens with one attached hydrogen (secondary N) is 2. The van der Waals surface area contributed by atoms with Crippen LogP contribution in [0.2, 0.25) is 0 Å². The van der Waals surface area contributed by atoms with E-state index in [4.69, 9.17) is 5.11 Å². The maximum atomic E-state index is 12.4. The summed E-state index contributed by atoms with van der Waals surface area (Å²) in [6.07, 6.45) is -4.78. The van der Waals surface area contributed by atoms with E-state index in [1.54, 1.807) is 6.92 Å². The molecule has 21 heavy (non-hydrogen) atoms. The lowest BCUT2D eigenvalue weighted by Crippen LogP contribution is -2.35. The van der Waals surface area contributed by atoms with E-state index in [1.807, 2.05) is 0 Å². The predicted molar refractivity (Wildman–Crippen MR) is 72.7 cm³/mol. The molecule has 0 aromatic heterocycles. The van der Waals surface area contributed by atoms with Gasteiger partial charge in [0.1, 0.15) is 0 Å². The van der Waals surface area contributed by atoms with Crippen molar-refractivity contribution in [2.24, 2.45) is 0 Å². The molecule has 1 amide bonds. The predicted octanol–water partition coefficient (Wildman–Crippen LogP) is 1.33. The Morgan fingerprint density at radius 3 is 2.38 bits per heavy atom. The number of rotatable bonds is 7. The summed E-state index contributed by atoms with van der Waals surface area (Å²) in [5, 5.41) is 14.6. The molecule has 1 unspecified atom stereocenters. The fraction of sp³-hybridized carbons (Fsp3) is 0.500. The number of benzene rings is 1. The number of aliphatic hydroxyl groups is 1. The van der Waals surface area contributed by atoms with Crippen molar-refractivity contribution in [1.82, 2.24) is 10.6 Å². The maximum Gasteiger partial charge on any atom is 0.416 e. The van der Waals surface area contributed by atoms with E-state index in [0.717, 1.165) is 12.1 Å². The normalized spacial score (nSPS) is 13.0. The highest BCUT2D eigenvalue weighted by molar-refractivity contribution is 5.78. The molecule has 1 aromatic rings. The van der Waals surface area contributed by atoms with E-state index in [1.165, 1.54) is 12.1 Å². The summed E-state index contributed by atoms with van der Waals surface area (Å²) in [5.74, 6) is -0.256. The third kappa shape index (κ3) is 7.10. The van der Waals surface area contributed by atoms with Crippen LogP contribution in [-0.2, 0) is 17.4 Å². The second-order valence-electron chi connectivity index (χ2n) is 4.77. The Labute approximate surface area is 121 Å². The van der Waals surface area contributed by atoms with Gasteiger partial charge in [0.05, 0.1) is 18.1 Å². The Morgan fingerprint density at radius 1 is 1.24 bits per heavy atom. The average Bonchev–Trinajstić information content (AvgIpc) is 2.37. The van der Waals surface area contributed by atoms with Crippen LogP contribution in [0.15, 0.2) is 24.3 Å². The molecular formula is C14H19F3N2O2. The second-order valence-corrected chi connectivity index (χ2v) is 4.77. The summed E-state index contributed by atoms with van der Waals surface area (Å²) < 4.78 is 37.1. The summed E-state index contributed by atoms with van der Waals surface area (Å²) in [5.41, 5.74) is -0.202. The zero-order chi connectivity index (χ0) is 15.9. The van der Waals surface area contributed by atoms with Crippen LogP contribution in [0.4, 0.5) is 13.2 Å². The molecule has 0 fully saturated rings. The standard InChI is InChI=1S/C14H19F3N2O2/c1-10(20)9-18-6-7-19-13(21)8-11-2-4-12(5-3-11)14(15,16)17/h2-5,10,18,20H,6-9H2,1H3,(H,19,21). The van der Waals surface area contributed by atoms with Gasteiger partial charge in [-0.2, -0.15) is 13.2 Å². The van der Waals surface area contributed by atoms with Gasteiger partial charge in [0.15, 0.2) is 0 Å². The number of hydrogen-bond acceptors (Lipinski definition) is 3. The zero-order valence-corrected chi connectivity index (χ0v) is 11.7. The van der Waals surface area contributed by atoms with Crippen LogP contribution >= 0.6 is 0 Å². The topological polar surface area (TPSA) is 61.4 Å². The molecule has 0 bridgehead atoms. The third-order valence-corrected chi connectivity index (χ3v) is 2.71. The highest BCUT2D eigenvalue weighted by atomic mass is 19.4. The fourth-order valence-corrected chi connectivity index (χ4v) is 1.66. The molecule has 3 N–H and O–H groups in total. The molecule has 0 aliphatic carbocycles. The van der Waals surface area contributed by atoms with Crippen LogP contribution in [0.25, 0.3) is 0 Å². The van der Waals surface area contributed by atoms with E-state index < -0.39 is 17.8 Å². The Hall–Kier alpha value is -1.60. The molecular weight excluding hydrogens is 285 g/mol. The SMILES string of the molecule is CC(O)CNCCNC(=O)Cc1ccc(C(F)(F)F)cc1. The number of hydrogen-bond donors (Lipinski definition) is 3. The van der Waals surface area contributed by atoms with Gasteiger partial charge < -0.3 is 15.7 Å². The summed E-state index contributed by atoms with van der Waals surface area (Å²) in [6.45, 7) is 3.00. The van der Waals surface area contributed by atoms with Crippen molar-refractivity contribution in [3.8, 4) is 0 Å². The van der Waals surface area contributed by atoms with Crippen molar-refractivity contribution >= 4 is 5.91 Å². The first-order valence-corrected chi connectivity index (χ1v) is 6.60. The minimum atomic E-state index is -4.36. The van der Waals surface area contributed by atoms with Crippen LogP contribution in [0.5, 0.6) is 0 Å². The first-order chi connectivity index (χ1) is 9.79. The largest absolute Gasteiger partial charge is 0.416 e. The van der Waals surface area contributed by atoms with Gasteiger partial charge >= 0.3 is 6.18 Å². The smallest absolute Gasteiger partial charge is 0.392 e. The Bertz CT molecular complexity index is 445. The van der Waals surface area contributed by atoms with E-state index in [2.05, 4.69) is 10.6 Å². The fourth-order valence-electron chi connectivity index (χ4n) is 1.66. The minimum Gasteiger partial charge on any atom is -0.392 e. The maximum absolute atomic E-state index is 12.4. The molecule has 1 rings (SSSR count). The molecule has 1 aromatic carbocycles. The van der Waals surface area contributed by atoms with Crippen LogP contribution < -0.4 is 10.6 Å². The lowest BCUT2D eigenvalue weighted by Gasteiger charge is -2.09. The van der Waals surface area contributed by atoms with Crippen molar-refractivity contribution in [2.75, 3.05) is 19.6 Å². The highest BCUT2D eigenvalue weighted by Crippen LogP contribution is 2.29. The van der Waals surface area contributed by atoms with Gasteiger partial charge in [-0.25, -0.2) is 0 Å². The molecule has 1 atom stereocenters. The van der Waals surface area contributed by atoms with Gasteiger partial charge in [-0.3, -0.25) is 4.79 Å². The van der Waals surface area contributed by atoms with Gasteiger partial charge in [0.25, 0.3) is 0 Å². The van der Waals surface area contributed by atoms with Crippen molar-refractivity contribution in [3.63, 3.8) is 0 Å². The van der Waals surface area contributed by atoms with Crippen molar-refractivity contribution in [2.45, 2.75) is 25.6 Å². The lowest BCUT2D eigenvalue weighted by molar-refractivity contribution is -0.137. The van der Waals surface area contributed by atoms with E-state index in [9.17, 15) is 18.0 Å². The van der Waals surface area contributed by atoms with E-state index in [0.29, 0.717) is 25.2 Å². The quantitative estimate of drug-likeness (QED) is 0.666. The third-order valence-electron chi connectivity index (χ3n) is 2.71. The molecule has 4 nitrogen and oxygen atoms in total. The molecule has 0 saturated carbocycles. The highest BCUT2D eigenvalue weighted by Gasteiger charge is 2.29. The summed E-state index contributed by atoms with van der Waals surface area (Å²) >= 11 is 0. The zero-order valence-electron chi connectivity index (χ0n) is 11.7. The first kappa shape index (κ1) is 17.5. The Kier molecular flexibility index (Phi) is 6.64. The summed E-state index contributed by atoms with van der Waals surface area (Å²) in [4.78, 5) is 11.6. The minimum absolute atomic E-state index is 0.0362. The summed E-state index contributed by atoms with van der Waals surface area (Å²) in [7, 11) is 0. The van der Waals surface area contributed by atoms with Gasteiger partial charge in [-0.1, -0.05) is 12.1 Å². The molecule has 0 saturated heterocycles. The lowest BCUT2D eigenvalue weighted by atomic mass is 10.1. The van der Waals surface area contributed by atoms with Gasteiger partial charge in [-0.05, 0) is 24.6 Å². The molecule has 7 heteroatoms. The van der Waals surface area contributed by atoms with Crippen molar-refractivity contribution < 1.29 is 23.1 Å². The van der Waals surface area contributed by atoms with Crippen molar-refractivity contribution in [3.05, 3.63) is 35.4 Å². The molecule has 118 valence electrons. The number of carbonyl (C=O) groups excluding carboxylic acids is 1. The number of alkyl halides is 3. The number of aliphatic hydroxyl groups excluding tert-OH is 1. The van der Waals surface area contributed by atoms with Gasteiger partial charge in [0, 0.05) is 19.6 Å². The Balaban J connectivity index is 2.31. The first-order valence-electron chi connectivity index (χ1n) is 6.60. The second kappa shape index (κ2) is 7.99. The number of amides is 1. The number of halogens is 3. The molecule has 0 spiro atoms. The van der Waals surface area contributed by atoms with Crippen LogP contribution in [0.3, 0.4) is 0 Å². The van der Waals surface area contributed by atoms with Crippen LogP contribution in [0.1, 0.15) is 18.1 Å². The van der Waals surface area contributed by atoms with Crippen LogP contribution in [0, 0.1) is 0 Å². The van der Waals surface area contributed by atoms with E-state index in [-0.39, 0.29) is 12.3 Å². The molecule has 0 aliphatic rings. The van der Waals surface area contributed by atoms with Crippen molar-refractivity contribution in [1.29, 1.82) is 0 Å². The van der Waals surface area contributed by atoms with Gasteiger partial charge in [0.2, 0.25) is 5.91 Å². The van der Waals surface area contributed by atoms with Gasteiger partial charge in [-0.15, -0.1) is 0 Å². The molecule has 0 radical (unpaired) electrons. The number of carbonyl (C=O) groups is 1. The molecule has 0 heterocycles. The average molecular weight is 304 g/mol.